The van der Waals surface area contributed by atoms with E-state index in [4.69, 9.17) is 9.47 Å². The standard InChI is InChI=1S/C9H16O2/c1-6(2)7-3-8-9(4-7)11-5-10-8/h6-9H,3-5H2,1-2H3. The van der Waals surface area contributed by atoms with E-state index in [1.54, 1.807) is 0 Å². The minimum absolute atomic E-state index is 0.419. The van der Waals surface area contributed by atoms with Gasteiger partial charge in [0.1, 0.15) is 6.79 Å². The zero-order valence-electron chi connectivity index (χ0n) is 7.25. The number of fused-ring (bicyclic) bond motifs is 1. The molecule has 0 bridgehead atoms. The monoisotopic (exact) mass is 156 g/mol. The largest absolute Gasteiger partial charge is 0.349 e. The fourth-order valence-electron chi connectivity index (χ4n) is 2.11. The van der Waals surface area contributed by atoms with Crippen LogP contribution in [0.15, 0.2) is 0 Å². The fourth-order valence-corrected chi connectivity index (χ4v) is 2.11. The van der Waals surface area contributed by atoms with Gasteiger partial charge in [-0.15, -0.1) is 0 Å². The van der Waals surface area contributed by atoms with Crippen molar-refractivity contribution in [2.75, 3.05) is 6.79 Å². The lowest BCUT2D eigenvalue weighted by atomic mass is 9.94. The van der Waals surface area contributed by atoms with Crippen LogP contribution in [0.5, 0.6) is 0 Å². The van der Waals surface area contributed by atoms with E-state index in [9.17, 15) is 0 Å². The number of rotatable bonds is 1. The Morgan fingerprint density at radius 3 is 2.09 bits per heavy atom. The summed E-state index contributed by atoms with van der Waals surface area (Å²) in [5.41, 5.74) is 0. The van der Waals surface area contributed by atoms with Gasteiger partial charge in [0, 0.05) is 0 Å². The number of ether oxygens (including phenoxy) is 2. The molecule has 2 rings (SSSR count). The first-order chi connectivity index (χ1) is 5.27. The molecule has 2 atom stereocenters. The van der Waals surface area contributed by atoms with E-state index >= 15 is 0 Å². The molecule has 2 heteroatoms. The van der Waals surface area contributed by atoms with Gasteiger partial charge in [0.05, 0.1) is 12.2 Å². The second kappa shape index (κ2) is 2.76. The highest BCUT2D eigenvalue weighted by molar-refractivity contribution is 4.88. The van der Waals surface area contributed by atoms with Crippen molar-refractivity contribution in [2.45, 2.75) is 38.9 Å². The Labute approximate surface area is 67.9 Å². The lowest BCUT2D eigenvalue weighted by Crippen LogP contribution is -2.13. The van der Waals surface area contributed by atoms with Crippen LogP contribution in [-0.2, 0) is 9.47 Å². The molecule has 1 saturated carbocycles. The Morgan fingerprint density at radius 2 is 1.64 bits per heavy atom. The average molecular weight is 156 g/mol. The molecule has 0 N–H and O–H groups in total. The van der Waals surface area contributed by atoms with E-state index in [0.29, 0.717) is 19.0 Å². The van der Waals surface area contributed by atoms with E-state index in [-0.39, 0.29) is 0 Å². The van der Waals surface area contributed by atoms with Crippen molar-refractivity contribution in [1.29, 1.82) is 0 Å². The van der Waals surface area contributed by atoms with Gasteiger partial charge in [-0.2, -0.15) is 0 Å². The van der Waals surface area contributed by atoms with Crippen LogP contribution in [-0.4, -0.2) is 19.0 Å². The molecule has 0 amide bonds. The Kier molecular flexibility index (Phi) is 1.90. The highest BCUT2D eigenvalue weighted by Gasteiger charge is 2.40. The van der Waals surface area contributed by atoms with Gasteiger partial charge in [-0.1, -0.05) is 13.8 Å². The number of hydrogen-bond acceptors (Lipinski definition) is 2. The minimum Gasteiger partial charge on any atom is -0.349 e. The van der Waals surface area contributed by atoms with Crippen molar-refractivity contribution < 1.29 is 9.47 Å². The highest BCUT2D eigenvalue weighted by Crippen LogP contribution is 2.37. The SMILES string of the molecule is CC(C)C1CC2OCOC2C1. The Morgan fingerprint density at radius 1 is 1.09 bits per heavy atom. The zero-order chi connectivity index (χ0) is 7.84. The van der Waals surface area contributed by atoms with Crippen LogP contribution in [0.1, 0.15) is 26.7 Å². The third kappa shape index (κ3) is 1.30. The number of hydrogen-bond donors (Lipinski definition) is 0. The molecule has 1 aliphatic carbocycles. The molecule has 0 aromatic carbocycles. The van der Waals surface area contributed by atoms with Gasteiger partial charge in [0.2, 0.25) is 0 Å². The van der Waals surface area contributed by atoms with Gasteiger partial charge in [-0.25, -0.2) is 0 Å². The van der Waals surface area contributed by atoms with Crippen molar-refractivity contribution in [2.24, 2.45) is 11.8 Å². The predicted molar refractivity (Wildman–Crippen MR) is 42.2 cm³/mol. The van der Waals surface area contributed by atoms with Gasteiger partial charge >= 0.3 is 0 Å². The van der Waals surface area contributed by atoms with Crippen LogP contribution in [0.3, 0.4) is 0 Å². The van der Waals surface area contributed by atoms with Crippen molar-refractivity contribution >= 4 is 0 Å². The molecule has 2 fully saturated rings. The Hall–Kier alpha value is -0.0800. The van der Waals surface area contributed by atoms with Crippen LogP contribution in [0.25, 0.3) is 0 Å². The molecular weight excluding hydrogens is 140 g/mol. The molecule has 0 aromatic heterocycles. The van der Waals surface area contributed by atoms with Crippen LogP contribution in [0.4, 0.5) is 0 Å². The molecular formula is C9H16O2. The molecule has 11 heavy (non-hydrogen) atoms. The molecule has 0 spiro atoms. The molecule has 1 heterocycles. The topological polar surface area (TPSA) is 18.5 Å². The van der Waals surface area contributed by atoms with Crippen LogP contribution < -0.4 is 0 Å². The zero-order valence-corrected chi connectivity index (χ0v) is 7.25. The van der Waals surface area contributed by atoms with Gasteiger partial charge in [-0.3, -0.25) is 0 Å². The van der Waals surface area contributed by atoms with E-state index < -0.39 is 0 Å². The van der Waals surface area contributed by atoms with E-state index in [0.717, 1.165) is 11.8 Å². The summed E-state index contributed by atoms with van der Waals surface area (Å²) in [5.74, 6) is 1.61. The molecule has 0 radical (unpaired) electrons. The summed E-state index contributed by atoms with van der Waals surface area (Å²) in [4.78, 5) is 0. The second-order valence-electron chi connectivity index (χ2n) is 4.00. The second-order valence-corrected chi connectivity index (χ2v) is 4.00. The smallest absolute Gasteiger partial charge is 0.147 e. The lowest BCUT2D eigenvalue weighted by Gasteiger charge is -2.14. The Balaban J connectivity index is 1.94. The van der Waals surface area contributed by atoms with Crippen LogP contribution in [0, 0.1) is 11.8 Å². The van der Waals surface area contributed by atoms with Gasteiger partial charge < -0.3 is 9.47 Å². The van der Waals surface area contributed by atoms with Gasteiger partial charge in [0.25, 0.3) is 0 Å². The normalized spacial score (nSPS) is 43.4. The van der Waals surface area contributed by atoms with Crippen molar-refractivity contribution in [3.8, 4) is 0 Å². The molecule has 64 valence electrons. The summed E-state index contributed by atoms with van der Waals surface area (Å²) in [5, 5.41) is 0. The van der Waals surface area contributed by atoms with Crippen LogP contribution in [0.2, 0.25) is 0 Å². The summed E-state index contributed by atoms with van der Waals surface area (Å²) in [6.07, 6.45) is 3.26. The van der Waals surface area contributed by atoms with Crippen molar-refractivity contribution in [3.63, 3.8) is 0 Å². The molecule has 0 aromatic rings. The maximum atomic E-state index is 5.44. The highest BCUT2D eigenvalue weighted by atomic mass is 16.7. The lowest BCUT2D eigenvalue weighted by molar-refractivity contribution is 0.0192. The summed E-state index contributed by atoms with van der Waals surface area (Å²) in [6.45, 7) is 5.09. The molecule has 1 aliphatic heterocycles. The average Bonchev–Trinajstić information content (AvgIpc) is 2.40. The first-order valence-electron chi connectivity index (χ1n) is 4.50. The summed E-state index contributed by atoms with van der Waals surface area (Å²) in [7, 11) is 0. The third-order valence-electron chi connectivity index (χ3n) is 2.99. The first kappa shape index (κ1) is 7.56. The molecule has 2 unspecified atom stereocenters. The van der Waals surface area contributed by atoms with Crippen molar-refractivity contribution in [1.82, 2.24) is 0 Å². The third-order valence-corrected chi connectivity index (χ3v) is 2.99. The minimum atomic E-state index is 0.419. The molecule has 1 saturated heterocycles. The van der Waals surface area contributed by atoms with Crippen LogP contribution >= 0.6 is 0 Å². The summed E-state index contributed by atoms with van der Waals surface area (Å²) >= 11 is 0. The maximum absolute atomic E-state index is 5.44. The van der Waals surface area contributed by atoms with Gasteiger partial charge in [0.15, 0.2) is 0 Å². The van der Waals surface area contributed by atoms with Gasteiger partial charge in [-0.05, 0) is 24.7 Å². The molecule has 2 nitrogen and oxygen atoms in total. The molecule has 2 aliphatic rings. The van der Waals surface area contributed by atoms with Crippen molar-refractivity contribution in [3.05, 3.63) is 0 Å². The predicted octanol–water partition coefficient (Wildman–Crippen LogP) is 1.79. The van der Waals surface area contributed by atoms with E-state index in [1.165, 1.54) is 12.8 Å². The van der Waals surface area contributed by atoms with E-state index in [1.807, 2.05) is 0 Å². The first-order valence-corrected chi connectivity index (χ1v) is 4.50. The summed E-state index contributed by atoms with van der Waals surface area (Å²) < 4.78 is 10.9. The summed E-state index contributed by atoms with van der Waals surface area (Å²) in [6, 6.07) is 0. The maximum Gasteiger partial charge on any atom is 0.147 e. The van der Waals surface area contributed by atoms with E-state index in [2.05, 4.69) is 13.8 Å². The Bertz CT molecular complexity index is 132. The quantitative estimate of drug-likeness (QED) is 0.576. The fraction of sp³-hybridized carbons (Fsp3) is 1.00.